The number of ketones is 2. The van der Waals surface area contributed by atoms with Gasteiger partial charge < -0.3 is 36.2 Å². The van der Waals surface area contributed by atoms with Gasteiger partial charge in [-0.25, -0.2) is 0 Å². The summed E-state index contributed by atoms with van der Waals surface area (Å²) in [6.45, 7) is 1.09. The number of benzene rings is 1. The Kier molecular flexibility index (Phi) is 3.53. The average Bonchev–Trinajstić information content (AvgIpc) is 2.98. The molecule has 0 aromatic heterocycles. The molecule has 5 atom stereocenters. The molecule has 9 heteroatoms. The Labute approximate surface area is 152 Å². The fourth-order valence-electron chi connectivity index (χ4n) is 4.18. The molecule has 0 saturated heterocycles. The van der Waals surface area contributed by atoms with E-state index < -0.39 is 47.3 Å². The number of fused-ring (bicyclic) bond motifs is 2. The van der Waals surface area contributed by atoms with Gasteiger partial charge >= 0.3 is 0 Å². The molecular formula is C18H16N2O7. The van der Waals surface area contributed by atoms with Crippen molar-refractivity contribution >= 4 is 11.6 Å². The third kappa shape index (κ3) is 1.96. The van der Waals surface area contributed by atoms with Gasteiger partial charge in [-0.3, -0.25) is 9.59 Å². The highest BCUT2D eigenvalue weighted by atomic mass is 16.4. The summed E-state index contributed by atoms with van der Waals surface area (Å²) >= 11 is 0. The predicted octanol–water partition coefficient (Wildman–Crippen LogP) is -2.30. The number of phenolic OH excluding ortho intramolecular Hbond substituents is 1. The van der Waals surface area contributed by atoms with Crippen molar-refractivity contribution in [2.45, 2.75) is 36.9 Å². The first-order valence-electron chi connectivity index (χ1n) is 8.20. The minimum absolute atomic E-state index is 0.0993. The van der Waals surface area contributed by atoms with Gasteiger partial charge in [0.15, 0.2) is 11.8 Å². The van der Waals surface area contributed by atoms with E-state index in [1.807, 2.05) is 5.11 Å². The molecule has 27 heavy (non-hydrogen) atoms. The summed E-state index contributed by atoms with van der Waals surface area (Å²) < 4.78 is 0. The summed E-state index contributed by atoms with van der Waals surface area (Å²) in [4.78, 5) is 26.0. The van der Waals surface area contributed by atoms with Gasteiger partial charge in [0.2, 0.25) is 5.78 Å². The van der Waals surface area contributed by atoms with Gasteiger partial charge in [0.05, 0.1) is 11.1 Å². The van der Waals surface area contributed by atoms with Crippen molar-refractivity contribution in [2.24, 2.45) is 0 Å². The van der Waals surface area contributed by atoms with Gasteiger partial charge in [-0.15, -0.1) is 0 Å². The van der Waals surface area contributed by atoms with Gasteiger partial charge in [-0.05, 0) is 13.0 Å². The van der Waals surface area contributed by atoms with Crippen molar-refractivity contribution in [1.82, 2.24) is 0 Å². The van der Waals surface area contributed by atoms with Crippen LogP contribution in [0.2, 0.25) is 0 Å². The lowest BCUT2D eigenvalue weighted by molar-refractivity contribution is -0.504. The van der Waals surface area contributed by atoms with Gasteiger partial charge in [0.1, 0.15) is 29.7 Å². The van der Waals surface area contributed by atoms with Crippen molar-refractivity contribution < 1.29 is 40.2 Å². The highest BCUT2D eigenvalue weighted by Gasteiger charge is 2.59. The maximum Gasteiger partial charge on any atom is 0.201 e. The van der Waals surface area contributed by atoms with Crippen molar-refractivity contribution in [3.05, 3.63) is 57.1 Å². The molecule has 0 radical (unpaired) electrons. The van der Waals surface area contributed by atoms with Crippen LogP contribution in [-0.2, 0) is 0 Å². The molecule has 0 bridgehead atoms. The second-order valence-electron chi connectivity index (χ2n) is 7.10. The van der Waals surface area contributed by atoms with Gasteiger partial charge in [-0.2, -0.15) is 0 Å². The van der Waals surface area contributed by atoms with E-state index in [2.05, 4.69) is 0 Å². The Morgan fingerprint density at radius 1 is 1.11 bits per heavy atom. The lowest BCUT2D eigenvalue weighted by Gasteiger charge is -2.42. The fourth-order valence-corrected chi connectivity index (χ4v) is 4.18. The van der Waals surface area contributed by atoms with Crippen LogP contribution in [0, 0.1) is 0 Å². The molecule has 0 fully saturated rings. The first-order valence-corrected chi connectivity index (χ1v) is 8.20. The first kappa shape index (κ1) is 17.7. The number of aromatic hydroxyl groups is 1. The van der Waals surface area contributed by atoms with E-state index >= 15 is 0 Å². The first-order chi connectivity index (χ1) is 12.6. The molecule has 5 unspecified atom stereocenters. The van der Waals surface area contributed by atoms with Crippen LogP contribution in [0.3, 0.4) is 0 Å². The van der Waals surface area contributed by atoms with Gasteiger partial charge in [-0.1, -0.05) is 12.1 Å². The summed E-state index contributed by atoms with van der Waals surface area (Å²) in [5.41, 5.74) is 6.15. The zero-order valence-electron chi connectivity index (χ0n) is 14.0. The van der Waals surface area contributed by atoms with E-state index in [4.69, 9.17) is 0 Å². The number of hydrogen-bond acceptors (Lipinski definition) is 7. The lowest BCUT2D eigenvalue weighted by Crippen LogP contribution is -2.75. The molecule has 6 N–H and O–H groups in total. The number of hydrogen-bond donors (Lipinski definition) is 6. The van der Waals surface area contributed by atoms with Crippen LogP contribution in [0.1, 0.15) is 27.6 Å². The normalized spacial score (nSPS) is 35.1. The number of rotatable bonds is 1. The number of phenols is 1. The number of nitrogens with one attached hydrogen (secondary N) is 1. The van der Waals surface area contributed by atoms with Crippen LogP contribution in [0.15, 0.2) is 40.5 Å². The van der Waals surface area contributed by atoms with Gasteiger partial charge in [0.25, 0.3) is 0 Å². The molecular weight excluding hydrogens is 356 g/mol. The number of aliphatic hydroxyl groups is 4. The smallest absolute Gasteiger partial charge is 0.201 e. The Hall–Kier alpha value is -2.72. The van der Waals surface area contributed by atoms with Gasteiger partial charge in [0, 0.05) is 22.3 Å². The Morgan fingerprint density at radius 2 is 1.78 bits per heavy atom. The average molecular weight is 372 g/mol. The minimum Gasteiger partial charge on any atom is -0.508 e. The van der Waals surface area contributed by atoms with Crippen molar-refractivity contribution in [1.29, 1.82) is 0 Å². The number of Topliss-reactive ketones (excluding diaryl/α,β-unsaturated/α-hetero) is 2. The van der Waals surface area contributed by atoms with Crippen molar-refractivity contribution in [3.8, 4) is 5.75 Å². The van der Waals surface area contributed by atoms with Crippen LogP contribution in [0.25, 0.3) is 5.53 Å². The van der Waals surface area contributed by atoms with E-state index in [0.29, 0.717) is 0 Å². The standard InChI is InChI=1S/C18H16N2O7/c1-18(27)16(25)11-9(15(24)17(18)26)8-10(12(11)20-19)14(23)7-5(13(8)22)3-2-4-6(7)21/h2-4,12,15-17,20-21,24-27H,1H3. The topological polar surface area (TPSA) is 172 Å². The van der Waals surface area contributed by atoms with E-state index in [1.54, 1.807) is 0 Å². The van der Waals surface area contributed by atoms with E-state index in [9.17, 15) is 40.7 Å². The van der Waals surface area contributed by atoms with E-state index in [0.717, 1.165) is 6.92 Å². The Morgan fingerprint density at radius 3 is 2.41 bits per heavy atom. The largest absolute Gasteiger partial charge is 0.508 e. The molecule has 0 saturated carbocycles. The second kappa shape index (κ2) is 5.40. The highest BCUT2D eigenvalue weighted by molar-refractivity contribution is 6.30. The van der Waals surface area contributed by atoms with E-state index in [-0.39, 0.29) is 33.4 Å². The maximum absolute atomic E-state index is 13.0. The molecule has 0 heterocycles. The quantitative estimate of drug-likeness (QED) is 0.301. The molecule has 0 amide bonds. The molecule has 0 spiro atoms. The number of carbonyl (C=O) groups is 2. The zero-order chi connectivity index (χ0) is 19.8. The molecule has 1 aromatic carbocycles. The third-order valence-electron chi connectivity index (χ3n) is 5.61. The van der Waals surface area contributed by atoms with Crippen LogP contribution in [0.4, 0.5) is 0 Å². The van der Waals surface area contributed by atoms with Crippen molar-refractivity contribution in [2.75, 3.05) is 0 Å². The molecule has 0 aliphatic heterocycles. The third-order valence-corrected chi connectivity index (χ3v) is 5.61. The molecule has 1 aromatic rings. The van der Waals surface area contributed by atoms with Crippen LogP contribution < -0.4 is 5.11 Å². The number of nitrogens with zero attached hydrogens (tertiary/aromatic N) is 1. The Balaban J connectivity index is 2.02. The summed E-state index contributed by atoms with van der Waals surface area (Å²) in [7, 11) is 0. The second-order valence-corrected chi connectivity index (χ2v) is 7.10. The minimum atomic E-state index is -2.19. The fraction of sp³-hybridized carbons (Fsp3) is 0.333. The van der Waals surface area contributed by atoms with Crippen LogP contribution in [-0.4, -0.2) is 67.1 Å². The lowest BCUT2D eigenvalue weighted by atomic mass is 9.73. The molecule has 4 rings (SSSR count). The SMILES string of the molecule is CC1(O)C(O)C2=C(C3=C(C(=O)c4c(O)cccc4C3=O)C2[NH+]=[N-])C(O)C1O. The summed E-state index contributed by atoms with van der Waals surface area (Å²) in [6.07, 6.45) is -5.40. The van der Waals surface area contributed by atoms with Crippen LogP contribution >= 0.6 is 0 Å². The van der Waals surface area contributed by atoms with Crippen molar-refractivity contribution in [3.63, 3.8) is 0 Å². The molecule has 3 aliphatic carbocycles. The van der Waals surface area contributed by atoms with Crippen LogP contribution in [0.5, 0.6) is 5.75 Å². The zero-order valence-corrected chi connectivity index (χ0v) is 14.0. The Bertz CT molecular complexity index is 991. The summed E-state index contributed by atoms with van der Waals surface area (Å²) in [5.74, 6) is -1.90. The summed E-state index contributed by atoms with van der Waals surface area (Å²) in [5, 5.41) is 53.6. The number of aliphatic hydroxyl groups excluding tert-OH is 3. The molecule has 3 aliphatic rings. The predicted molar refractivity (Wildman–Crippen MR) is 87.6 cm³/mol. The monoisotopic (exact) mass is 372 g/mol. The molecule has 140 valence electrons. The number of carbonyl (C=O) groups excluding carboxylic acids is 2. The summed E-state index contributed by atoms with van der Waals surface area (Å²) in [6, 6.07) is 2.54. The van der Waals surface area contributed by atoms with E-state index in [1.165, 1.54) is 18.2 Å². The maximum atomic E-state index is 13.0. The molecule has 9 nitrogen and oxygen atoms in total. The highest BCUT2D eigenvalue weighted by Crippen LogP contribution is 2.48.